The molecule has 2 N–H and O–H groups in total. The zero-order valence-corrected chi connectivity index (χ0v) is 21.5. The first-order valence-electron chi connectivity index (χ1n) is 11.4. The third-order valence-electron chi connectivity index (χ3n) is 5.92. The van der Waals surface area contributed by atoms with Gasteiger partial charge in [-0.15, -0.1) is 11.3 Å². The normalized spacial score (nSPS) is 12.4. The van der Waals surface area contributed by atoms with E-state index in [4.69, 9.17) is 14.2 Å². The van der Waals surface area contributed by atoms with Gasteiger partial charge in [0.15, 0.2) is 11.5 Å². The van der Waals surface area contributed by atoms with Gasteiger partial charge in [0.2, 0.25) is 11.7 Å². The summed E-state index contributed by atoms with van der Waals surface area (Å²) in [6.45, 7) is 4.19. The molecule has 2 unspecified atom stereocenters. The summed E-state index contributed by atoms with van der Waals surface area (Å²) < 4.78 is 15.9. The van der Waals surface area contributed by atoms with E-state index in [1.54, 1.807) is 23.5 Å². The fourth-order valence-corrected chi connectivity index (χ4v) is 4.52. The van der Waals surface area contributed by atoms with Crippen LogP contribution in [-0.4, -0.2) is 39.7 Å². The van der Waals surface area contributed by atoms with Crippen LogP contribution in [0.1, 0.15) is 58.6 Å². The minimum Gasteiger partial charge on any atom is -0.493 e. The van der Waals surface area contributed by atoms with Gasteiger partial charge in [-0.1, -0.05) is 44.2 Å². The van der Waals surface area contributed by atoms with Gasteiger partial charge < -0.3 is 24.8 Å². The van der Waals surface area contributed by atoms with Crippen LogP contribution < -0.4 is 24.8 Å². The maximum Gasteiger partial charge on any atom is 0.251 e. The van der Waals surface area contributed by atoms with Gasteiger partial charge in [0, 0.05) is 10.4 Å². The number of ether oxygens (including phenoxy) is 3. The second-order valence-corrected chi connectivity index (χ2v) is 9.07. The summed E-state index contributed by atoms with van der Waals surface area (Å²) in [6, 6.07) is 15.1. The van der Waals surface area contributed by atoms with E-state index in [2.05, 4.69) is 48.7 Å². The number of nitrogens with one attached hydrogen (secondary N) is 2. The molecule has 186 valence electrons. The van der Waals surface area contributed by atoms with Crippen molar-refractivity contribution in [3.05, 3.63) is 75.5 Å². The Labute approximate surface area is 210 Å². The molecule has 0 bridgehead atoms. The smallest absolute Gasteiger partial charge is 0.251 e. The maximum atomic E-state index is 12.8. The Hall–Kier alpha value is -3.52. The molecule has 0 saturated carbocycles. The summed E-state index contributed by atoms with van der Waals surface area (Å²) in [5, 5.41) is 7.71. The fraction of sp³-hybridized carbons (Fsp3) is 0.333. The summed E-state index contributed by atoms with van der Waals surface area (Å²) in [7, 11) is 4.45. The van der Waals surface area contributed by atoms with E-state index in [9.17, 15) is 9.59 Å². The van der Waals surface area contributed by atoms with Crippen molar-refractivity contribution < 1.29 is 23.8 Å². The van der Waals surface area contributed by atoms with Crippen molar-refractivity contribution in [1.82, 2.24) is 10.6 Å². The first-order valence-corrected chi connectivity index (χ1v) is 12.3. The third-order valence-corrected chi connectivity index (χ3v) is 6.86. The molecular weight excluding hydrogens is 464 g/mol. The molecule has 0 aliphatic heterocycles. The number of carbonyl (C=O) groups excluding carboxylic acids is 2. The summed E-state index contributed by atoms with van der Waals surface area (Å²) >= 11 is 1.57. The van der Waals surface area contributed by atoms with Crippen molar-refractivity contribution in [3.63, 3.8) is 0 Å². The van der Waals surface area contributed by atoms with E-state index < -0.39 is 5.91 Å². The predicted octanol–water partition coefficient (Wildman–Crippen LogP) is 4.92. The van der Waals surface area contributed by atoms with Gasteiger partial charge in [0.25, 0.3) is 5.91 Å². The van der Waals surface area contributed by atoms with Crippen LogP contribution in [0.25, 0.3) is 0 Å². The highest BCUT2D eigenvalue weighted by molar-refractivity contribution is 7.10. The van der Waals surface area contributed by atoms with Gasteiger partial charge in [-0.05, 0) is 47.0 Å². The molecule has 2 amide bonds. The standard InChI is InChI=1S/C27H32N2O5S/c1-6-17(2)18-9-11-19(12-10-18)25(23-8-7-13-35-23)29-24(30)16-28-27(31)20-14-21(32-3)26(34-5)22(15-20)33-4/h7-15,17,25H,6,16H2,1-5H3,(H,28,31)(H,29,30). The Kier molecular flexibility index (Phi) is 9.14. The first-order chi connectivity index (χ1) is 16.9. The lowest BCUT2D eigenvalue weighted by molar-refractivity contribution is -0.120. The molecule has 1 aromatic heterocycles. The van der Waals surface area contributed by atoms with E-state index in [0.717, 1.165) is 16.9 Å². The lowest BCUT2D eigenvalue weighted by Crippen LogP contribution is -2.38. The van der Waals surface area contributed by atoms with Crippen LogP contribution in [0.15, 0.2) is 53.9 Å². The van der Waals surface area contributed by atoms with Gasteiger partial charge in [-0.2, -0.15) is 0 Å². The zero-order chi connectivity index (χ0) is 25.4. The first kappa shape index (κ1) is 26.1. The number of hydrogen-bond acceptors (Lipinski definition) is 6. The largest absolute Gasteiger partial charge is 0.493 e. The Balaban J connectivity index is 1.71. The van der Waals surface area contributed by atoms with Gasteiger partial charge >= 0.3 is 0 Å². The molecule has 7 nitrogen and oxygen atoms in total. The molecule has 2 aromatic carbocycles. The highest BCUT2D eigenvalue weighted by Crippen LogP contribution is 2.38. The summed E-state index contributed by atoms with van der Waals surface area (Å²) in [5.74, 6) is 0.868. The van der Waals surface area contributed by atoms with Gasteiger partial charge in [-0.25, -0.2) is 0 Å². The van der Waals surface area contributed by atoms with Crippen LogP contribution in [0.5, 0.6) is 17.2 Å². The minimum absolute atomic E-state index is 0.178. The molecular formula is C27H32N2O5S. The SMILES string of the molecule is CCC(C)c1ccc(C(NC(=O)CNC(=O)c2cc(OC)c(OC)c(OC)c2)c2cccs2)cc1. The highest BCUT2D eigenvalue weighted by atomic mass is 32.1. The van der Waals surface area contributed by atoms with Crippen molar-refractivity contribution in [2.75, 3.05) is 27.9 Å². The minimum atomic E-state index is -0.426. The van der Waals surface area contributed by atoms with Crippen LogP contribution in [0.4, 0.5) is 0 Å². The quantitative estimate of drug-likeness (QED) is 0.393. The molecule has 0 aliphatic carbocycles. The van der Waals surface area contributed by atoms with Crippen molar-refractivity contribution in [1.29, 1.82) is 0 Å². The number of thiophene rings is 1. The van der Waals surface area contributed by atoms with E-state index >= 15 is 0 Å². The van der Waals surface area contributed by atoms with Crippen LogP contribution in [0, 0.1) is 0 Å². The average Bonchev–Trinajstić information content (AvgIpc) is 3.43. The average molecular weight is 497 g/mol. The molecule has 3 rings (SSSR count). The maximum absolute atomic E-state index is 12.8. The van der Waals surface area contributed by atoms with E-state index in [-0.39, 0.29) is 18.5 Å². The summed E-state index contributed by atoms with van der Waals surface area (Å²) in [5.41, 5.74) is 2.55. The Bertz CT molecular complexity index is 1100. The van der Waals surface area contributed by atoms with E-state index in [1.165, 1.54) is 26.9 Å². The molecule has 1 heterocycles. The second-order valence-electron chi connectivity index (χ2n) is 8.09. The van der Waals surface area contributed by atoms with Crippen LogP contribution in [0.3, 0.4) is 0 Å². The van der Waals surface area contributed by atoms with Crippen LogP contribution >= 0.6 is 11.3 Å². The Morgan fingerprint density at radius 1 is 0.943 bits per heavy atom. The molecule has 0 fully saturated rings. The molecule has 0 aliphatic rings. The Morgan fingerprint density at radius 2 is 1.57 bits per heavy atom. The van der Waals surface area contributed by atoms with E-state index in [1.807, 2.05) is 17.5 Å². The van der Waals surface area contributed by atoms with E-state index in [0.29, 0.717) is 28.7 Å². The molecule has 35 heavy (non-hydrogen) atoms. The number of methoxy groups -OCH3 is 3. The molecule has 3 aromatic rings. The lowest BCUT2D eigenvalue weighted by atomic mass is 9.95. The number of carbonyl (C=O) groups is 2. The molecule has 2 atom stereocenters. The van der Waals surface area contributed by atoms with Crippen LogP contribution in [0.2, 0.25) is 0 Å². The zero-order valence-electron chi connectivity index (χ0n) is 20.7. The van der Waals surface area contributed by atoms with Crippen molar-refractivity contribution in [2.24, 2.45) is 0 Å². The highest BCUT2D eigenvalue weighted by Gasteiger charge is 2.20. The number of amides is 2. The predicted molar refractivity (Wildman–Crippen MR) is 138 cm³/mol. The number of hydrogen-bond donors (Lipinski definition) is 2. The summed E-state index contributed by atoms with van der Waals surface area (Å²) in [6.07, 6.45) is 1.07. The Morgan fingerprint density at radius 3 is 2.09 bits per heavy atom. The topological polar surface area (TPSA) is 85.9 Å². The third kappa shape index (κ3) is 6.33. The second kappa shape index (κ2) is 12.3. The lowest BCUT2D eigenvalue weighted by Gasteiger charge is -2.19. The molecule has 8 heteroatoms. The molecule has 0 saturated heterocycles. The van der Waals surface area contributed by atoms with Crippen LogP contribution in [-0.2, 0) is 4.79 Å². The van der Waals surface area contributed by atoms with Gasteiger partial charge in [0.05, 0.1) is 33.9 Å². The van der Waals surface area contributed by atoms with Gasteiger partial charge in [0.1, 0.15) is 0 Å². The van der Waals surface area contributed by atoms with Crippen molar-refractivity contribution in [3.8, 4) is 17.2 Å². The van der Waals surface area contributed by atoms with Crippen molar-refractivity contribution in [2.45, 2.75) is 32.2 Å². The monoisotopic (exact) mass is 496 g/mol. The summed E-state index contributed by atoms with van der Waals surface area (Å²) in [4.78, 5) is 26.6. The number of benzene rings is 2. The number of rotatable bonds is 11. The molecule has 0 spiro atoms. The van der Waals surface area contributed by atoms with Crippen molar-refractivity contribution >= 4 is 23.2 Å². The molecule has 0 radical (unpaired) electrons. The van der Waals surface area contributed by atoms with Gasteiger partial charge in [-0.3, -0.25) is 9.59 Å². The fourth-order valence-electron chi connectivity index (χ4n) is 3.71.